The van der Waals surface area contributed by atoms with Crippen LogP contribution in [0.2, 0.25) is 0 Å². The number of nitrogens with one attached hydrogen (secondary N) is 1. The number of anilines is 3. The summed E-state index contributed by atoms with van der Waals surface area (Å²) in [5, 5.41) is 2.86. The Bertz CT molecular complexity index is 973. The van der Waals surface area contributed by atoms with Crippen LogP contribution in [-0.2, 0) is 4.79 Å². The Kier molecular flexibility index (Phi) is 9.28. The molecule has 34 heavy (non-hydrogen) atoms. The van der Waals surface area contributed by atoms with Crippen molar-refractivity contribution in [3.8, 4) is 11.8 Å². The molecule has 0 aromatic carbocycles. The third-order valence-electron chi connectivity index (χ3n) is 5.50. The Balaban J connectivity index is 1.79. The first-order valence-electron chi connectivity index (χ1n) is 11.2. The van der Waals surface area contributed by atoms with Gasteiger partial charge in [-0.25, -0.2) is 9.97 Å². The lowest BCUT2D eigenvalue weighted by Crippen LogP contribution is -2.35. The zero-order valence-corrected chi connectivity index (χ0v) is 20.4. The molecule has 0 spiro atoms. The average Bonchev–Trinajstić information content (AvgIpc) is 2.84. The lowest BCUT2D eigenvalue weighted by Gasteiger charge is -2.32. The van der Waals surface area contributed by atoms with Crippen LogP contribution >= 0.6 is 11.8 Å². The predicted molar refractivity (Wildman–Crippen MR) is 132 cm³/mol. The highest BCUT2D eigenvalue weighted by molar-refractivity contribution is 7.99. The molecule has 5 N–H and O–H groups in total. The number of nitrogens with zero attached hydrogens (tertiary/aromatic N) is 5. The van der Waals surface area contributed by atoms with Crippen molar-refractivity contribution < 1.29 is 14.3 Å². The summed E-state index contributed by atoms with van der Waals surface area (Å²) in [4.78, 5) is 32.1. The molecule has 0 atom stereocenters. The topological polar surface area (TPSA) is 154 Å². The van der Waals surface area contributed by atoms with Gasteiger partial charge in [0.2, 0.25) is 23.6 Å². The Morgan fingerprint density at radius 1 is 1.21 bits per heavy atom. The van der Waals surface area contributed by atoms with Gasteiger partial charge in [0, 0.05) is 19.2 Å². The Labute approximate surface area is 203 Å². The molecule has 12 heteroatoms. The van der Waals surface area contributed by atoms with E-state index in [1.54, 1.807) is 0 Å². The van der Waals surface area contributed by atoms with E-state index >= 15 is 0 Å². The molecule has 1 aliphatic heterocycles. The number of methoxy groups -OCH3 is 2. The number of carbonyl (C=O) groups is 1. The summed E-state index contributed by atoms with van der Waals surface area (Å²) in [6, 6.07) is 1.46. The van der Waals surface area contributed by atoms with E-state index in [9.17, 15) is 4.79 Å². The molecule has 184 valence electrons. The molecule has 0 unspecified atom stereocenters. The van der Waals surface area contributed by atoms with Gasteiger partial charge in [-0.05, 0) is 49.6 Å². The number of carbonyl (C=O) groups excluding carboxylic acids is 1. The minimum absolute atomic E-state index is 0.196. The lowest BCUT2D eigenvalue weighted by atomic mass is 9.92. The molecule has 3 rings (SSSR count). The van der Waals surface area contributed by atoms with E-state index in [1.165, 1.54) is 33.1 Å². The van der Waals surface area contributed by atoms with Gasteiger partial charge in [0.1, 0.15) is 16.5 Å². The molecule has 1 fully saturated rings. The minimum atomic E-state index is -0.403. The number of unbranched alkanes of at least 4 members (excludes halogenated alkanes) is 1. The summed E-state index contributed by atoms with van der Waals surface area (Å²) in [6.45, 7) is 5.93. The minimum Gasteiger partial charge on any atom is -0.480 e. The number of ether oxygens (including phenoxy) is 2. The second-order valence-corrected chi connectivity index (χ2v) is 8.82. The van der Waals surface area contributed by atoms with Gasteiger partial charge in [-0.2, -0.15) is 9.97 Å². The van der Waals surface area contributed by atoms with Crippen LogP contribution in [0.3, 0.4) is 0 Å². The number of nitrogen functional groups attached to an aromatic ring is 1. The second kappa shape index (κ2) is 12.4. The number of nitrogens with two attached hydrogens (primary N) is 2. The third kappa shape index (κ3) is 6.70. The highest BCUT2D eigenvalue weighted by Gasteiger charge is 2.25. The van der Waals surface area contributed by atoms with E-state index in [4.69, 9.17) is 20.9 Å². The molecule has 0 aliphatic carbocycles. The summed E-state index contributed by atoms with van der Waals surface area (Å²) in [7, 11) is 3.07. The first kappa shape index (κ1) is 25.5. The van der Waals surface area contributed by atoms with Crippen LogP contribution < -0.4 is 31.2 Å². The summed E-state index contributed by atoms with van der Waals surface area (Å²) in [5.74, 6) is 2.01. The quantitative estimate of drug-likeness (QED) is 0.243. The highest BCUT2D eigenvalue weighted by atomic mass is 32.2. The number of hydrogen-bond acceptors (Lipinski definition) is 11. The number of aromatic nitrogens is 4. The first-order chi connectivity index (χ1) is 16.5. The Hall–Kier alpha value is -3.12. The van der Waals surface area contributed by atoms with Gasteiger partial charge in [-0.3, -0.25) is 4.79 Å². The summed E-state index contributed by atoms with van der Waals surface area (Å²) < 4.78 is 11.1. The van der Waals surface area contributed by atoms with E-state index in [1.807, 2.05) is 0 Å². The van der Waals surface area contributed by atoms with Gasteiger partial charge < -0.3 is 31.2 Å². The van der Waals surface area contributed by atoms with Crippen molar-refractivity contribution in [1.82, 2.24) is 19.9 Å². The zero-order chi connectivity index (χ0) is 24.5. The van der Waals surface area contributed by atoms with Crippen molar-refractivity contribution in [2.24, 2.45) is 11.7 Å². The van der Waals surface area contributed by atoms with Crippen LogP contribution in [0.1, 0.15) is 32.1 Å². The summed E-state index contributed by atoms with van der Waals surface area (Å²) >= 11 is 1.14. The summed E-state index contributed by atoms with van der Waals surface area (Å²) in [6.07, 6.45) is 6.79. The maximum absolute atomic E-state index is 11.6. The van der Waals surface area contributed by atoms with Crippen LogP contribution in [0.15, 0.2) is 28.8 Å². The van der Waals surface area contributed by atoms with Gasteiger partial charge in [0.15, 0.2) is 5.16 Å². The standard InChI is InChI=1S/C22H32N8O3S/c1-4-17(31)26-16-13-15(24)25-22(27-16)34-18-19(32-2)28-21(29-20(18)33-3)30-11-8-14(9-12-30)7-5-6-10-23/h4,13-14H,1,5-12,23H2,2-3H3,(H3,24,25,26,27,31). The number of amides is 1. The fourth-order valence-electron chi connectivity index (χ4n) is 3.73. The van der Waals surface area contributed by atoms with Crippen molar-refractivity contribution >= 4 is 35.3 Å². The SMILES string of the molecule is C=CC(=O)Nc1cc(N)nc(Sc2c(OC)nc(N3CCC(CCCCN)CC3)nc2OC)n1. The van der Waals surface area contributed by atoms with Crippen LogP contribution in [-0.4, -0.2) is 59.7 Å². The van der Waals surface area contributed by atoms with Crippen LogP contribution in [0.25, 0.3) is 0 Å². The van der Waals surface area contributed by atoms with E-state index < -0.39 is 5.91 Å². The van der Waals surface area contributed by atoms with Crippen LogP contribution in [0, 0.1) is 5.92 Å². The maximum Gasteiger partial charge on any atom is 0.248 e. The molecule has 11 nitrogen and oxygen atoms in total. The highest BCUT2D eigenvalue weighted by Crippen LogP contribution is 2.40. The molecule has 2 aromatic rings. The number of piperidine rings is 1. The van der Waals surface area contributed by atoms with E-state index in [-0.39, 0.29) is 16.8 Å². The van der Waals surface area contributed by atoms with Gasteiger partial charge in [-0.1, -0.05) is 19.4 Å². The molecular weight excluding hydrogens is 456 g/mol. The maximum atomic E-state index is 11.6. The molecule has 2 aromatic heterocycles. The Morgan fingerprint density at radius 3 is 2.47 bits per heavy atom. The lowest BCUT2D eigenvalue weighted by molar-refractivity contribution is -0.111. The zero-order valence-electron chi connectivity index (χ0n) is 19.6. The fraction of sp³-hybridized carbons (Fsp3) is 0.500. The van der Waals surface area contributed by atoms with E-state index in [0.717, 1.165) is 56.7 Å². The predicted octanol–water partition coefficient (Wildman–Crippen LogP) is 2.49. The smallest absolute Gasteiger partial charge is 0.248 e. The molecule has 1 aliphatic rings. The number of rotatable bonds is 11. The van der Waals surface area contributed by atoms with E-state index in [0.29, 0.717) is 28.5 Å². The first-order valence-corrected chi connectivity index (χ1v) is 12.0. The molecular formula is C22H32N8O3S. The molecule has 0 saturated carbocycles. The average molecular weight is 489 g/mol. The van der Waals surface area contributed by atoms with Gasteiger partial charge in [0.25, 0.3) is 0 Å². The number of hydrogen-bond donors (Lipinski definition) is 3. The fourth-order valence-corrected chi connectivity index (χ4v) is 4.64. The molecule has 1 saturated heterocycles. The molecule has 0 bridgehead atoms. The van der Waals surface area contributed by atoms with Gasteiger partial charge >= 0.3 is 0 Å². The van der Waals surface area contributed by atoms with Crippen molar-refractivity contribution in [3.63, 3.8) is 0 Å². The molecule has 3 heterocycles. The Morgan fingerprint density at radius 2 is 1.88 bits per heavy atom. The van der Waals surface area contributed by atoms with Gasteiger partial charge in [-0.15, -0.1) is 0 Å². The third-order valence-corrected chi connectivity index (χ3v) is 6.42. The second-order valence-electron chi connectivity index (χ2n) is 7.84. The molecule has 0 radical (unpaired) electrons. The van der Waals surface area contributed by atoms with Crippen molar-refractivity contribution in [1.29, 1.82) is 0 Å². The normalized spacial score (nSPS) is 14.0. The van der Waals surface area contributed by atoms with Crippen molar-refractivity contribution in [3.05, 3.63) is 18.7 Å². The largest absolute Gasteiger partial charge is 0.480 e. The monoisotopic (exact) mass is 488 g/mol. The molecule has 1 amide bonds. The van der Waals surface area contributed by atoms with Crippen LogP contribution in [0.5, 0.6) is 11.8 Å². The van der Waals surface area contributed by atoms with Crippen molar-refractivity contribution in [2.75, 3.05) is 49.8 Å². The van der Waals surface area contributed by atoms with Crippen molar-refractivity contribution in [2.45, 2.75) is 42.2 Å². The van der Waals surface area contributed by atoms with E-state index in [2.05, 4.69) is 36.7 Å². The summed E-state index contributed by atoms with van der Waals surface area (Å²) in [5.41, 5.74) is 11.5. The van der Waals surface area contributed by atoms with Crippen LogP contribution in [0.4, 0.5) is 17.6 Å². The van der Waals surface area contributed by atoms with Gasteiger partial charge in [0.05, 0.1) is 14.2 Å².